The van der Waals surface area contributed by atoms with Crippen LogP contribution in [0.15, 0.2) is 35.4 Å². The summed E-state index contributed by atoms with van der Waals surface area (Å²) in [7, 11) is 1.61. The maximum absolute atomic E-state index is 13.5. The van der Waals surface area contributed by atoms with E-state index in [2.05, 4.69) is 11.1 Å². The van der Waals surface area contributed by atoms with Gasteiger partial charge in [-0.3, -0.25) is 9.36 Å². The first kappa shape index (κ1) is 19.9. The summed E-state index contributed by atoms with van der Waals surface area (Å²) in [5.41, 5.74) is 7.46. The molecular weight excluding hydrogens is 383 g/mol. The van der Waals surface area contributed by atoms with Crippen LogP contribution in [0, 0.1) is 17.1 Å². The summed E-state index contributed by atoms with van der Waals surface area (Å²) >= 11 is 0. The second kappa shape index (κ2) is 7.62. The normalized spacial score (nSPS) is 16.6. The van der Waals surface area contributed by atoms with Crippen LogP contribution in [0.1, 0.15) is 18.4 Å². The van der Waals surface area contributed by atoms with Gasteiger partial charge in [-0.2, -0.15) is 5.26 Å². The van der Waals surface area contributed by atoms with Crippen LogP contribution in [0.3, 0.4) is 0 Å². The predicted molar refractivity (Wildman–Crippen MR) is 108 cm³/mol. The molecule has 2 aromatic heterocycles. The molecule has 1 aliphatic heterocycles. The molecule has 1 saturated heterocycles. The van der Waals surface area contributed by atoms with Crippen LogP contribution in [-0.2, 0) is 7.05 Å². The van der Waals surface area contributed by atoms with E-state index in [-0.39, 0.29) is 29.8 Å². The third kappa shape index (κ3) is 3.13. The molecule has 0 saturated carbocycles. The number of fused-ring (bicyclic) bond motifs is 1. The molecule has 3 aromatic rings. The van der Waals surface area contributed by atoms with Crippen molar-refractivity contribution in [1.82, 2.24) is 14.1 Å². The van der Waals surface area contributed by atoms with Gasteiger partial charge in [0.2, 0.25) is 0 Å². The van der Waals surface area contributed by atoms with Crippen molar-refractivity contribution in [3.63, 3.8) is 0 Å². The van der Waals surface area contributed by atoms with Crippen LogP contribution < -0.4 is 16.2 Å². The molecule has 0 aliphatic carbocycles. The highest BCUT2D eigenvalue weighted by atomic mass is 35.5. The number of piperidine rings is 1. The van der Waals surface area contributed by atoms with Crippen LogP contribution in [0.5, 0.6) is 0 Å². The number of aromatic nitrogens is 3. The van der Waals surface area contributed by atoms with E-state index in [0.717, 1.165) is 19.4 Å². The van der Waals surface area contributed by atoms with Crippen LogP contribution >= 0.6 is 12.4 Å². The first-order valence-corrected chi connectivity index (χ1v) is 8.78. The van der Waals surface area contributed by atoms with E-state index in [1.807, 2.05) is 4.90 Å². The zero-order valence-corrected chi connectivity index (χ0v) is 16.1. The summed E-state index contributed by atoms with van der Waals surface area (Å²) < 4.78 is 16.6. The summed E-state index contributed by atoms with van der Waals surface area (Å²) in [6.45, 7) is 1.30. The maximum Gasteiger partial charge on any atom is 0.278 e. The Morgan fingerprint density at radius 1 is 1.32 bits per heavy atom. The average molecular weight is 403 g/mol. The SMILES string of the molecule is Cl.Cn1cnc2c(C#N)c(N3CCCC(N)C3)n(-c3ccc(F)cc3)c2c1=O. The zero-order chi connectivity index (χ0) is 19.1. The van der Waals surface area contributed by atoms with E-state index in [1.54, 1.807) is 23.7 Å². The Bertz CT molecular complexity index is 1110. The minimum absolute atomic E-state index is 0. The highest BCUT2D eigenvalue weighted by Gasteiger charge is 2.28. The average Bonchev–Trinajstić information content (AvgIpc) is 3.00. The number of halogens is 2. The molecule has 9 heteroatoms. The van der Waals surface area contributed by atoms with E-state index in [4.69, 9.17) is 5.73 Å². The molecule has 7 nitrogen and oxygen atoms in total. The van der Waals surface area contributed by atoms with Gasteiger partial charge in [-0.15, -0.1) is 12.4 Å². The van der Waals surface area contributed by atoms with Crippen molar-refractivity contribution < 1.29 is 4.39 Å². The molecule has 3 heterocycles. The van der Waals surface area contributed by atoms with Gasteiger partial charge < -0.3 is 15.2 Å². The van der Waals surface area contributed by atoms with Crippen molar-refractivity contribution in [2.75, 3.05) is 18.0 Å². The van der Waals surface area contributed by atoms with Gasteiger partial charge in [0.15, 0.2) is 0 Å². The number of anilines is 1. The molecule has 1 aliphatic rings. The number of hydrogen-bond donors (Lipinski definition) is 1. The van der Waals surface area contributed by atoms with Crippen LogP contribution in [0.4, 0.5) is 10.2 Å². The zero-order valence-electron chi connectivity index (χ0n) is 15.3. The summed E-state index contributed by atoms with van der Waals surface area (Å²) in [4.78, 5) is 19.3. The highest BCUT2D eigenvalue weighted by Crippen LogP contribution is 2.34. The number of nitrogens with two attached hydrogens (primary N) is 1. The molecule has 0 radical (unpaired) electrons. The lowest BCUT2D eigenvalue weighted by atomic mass is 10.1. The van der Waals surface area contributed by atoms with Crippen molar-refractivity contribution in [2.24, 2.45) is 12.8 Å². The third-order valence-corrected chi connectivity index (χ3v) is 4.96. The van der Waals surface area contributed by atoms with Crippen LogP contribution in [-0.4, -0.2) is 33.2 Å². The molecular formula is C19H20ClFN6O. The van der Waals surface area contributed by atoms with Gasteiger partial charge in [0.1, 0.15) is 34.3 Å². The molecule has 4 rings (SSSR count). The van der Waals surface area contributed by atoms with Crippen molar-refractivity contribution in [1.29, 1.82) is 5.26 Å². The number of nitriles is 1. The Hall–Kier alpha value is -2.89. The van der Waals surface area contributed by atoms with Gasteiger partial charge in [0.25, 0.3) is 5.56 Å². The van der Waals surface area contributed by atoms with Gasteiger partial charge in [-0.05, 0) is 37.1 Å². The van der Waals surface area contributed by atoms with Gasteiger partial charge in [-0.1, -0.05) is 0 Å². The summed E-state index contributed by atoms with van der Waals surface area (Å²) in [5, 5.41) is 9.85. The first-order valence-electron chi connectivity index (χ1n) is 8.78. The minimum Gasteiger partial charge on any atom is -0.355 e. The van der Waals surface area contributed by atoms with E-state index >= 15 is 0 Å². The lowest BCUT2D eigenvalue weighted by molar-refractivity contribution is 0.501. The van der Waals surface area contributed by atoms with Gasteiger partial charge >= 0.3 is 0 Å². The summed E-state index contributed by atoms with van der Waals surface area (Å²) in [6.07, 6.45) is 3.21. The van der Waals surface area contributed by atoms with Gasteiger partial charge in [0.05, 0.1) is 6.33 Å². The van der Waals surface area contributed by atoms with Crippen LogP contribution in [0.25, 0.3) is 16.7 Å². The topological polar surface area (TPSA) is 92.9 Å². The van der Waals surface area contributed by atoms with Crippen molar-refractivity contribution in [3.05, 3.63) is 52.3 Å². The molecule has 2 N–H and O–H groups in total. The van der Waals surface area contributed by atoms with Crippen molar-refractivity contribution >= 4 is 29.3 Å². The van der Waals surface area contributed by atoms with Crippen molar-refractivity contribution in [3.8, 4) is 11.8 Å². The fourth-order valence-electron chi connectivity index (χ4n) is 3.68. The smallest absolute Gasteiger partial charge is 0.278 e. The van der Waals surface area contributed by atoms with Gasteiger partial charge in [-0.25, -0.2) is 9.37 Å². The Kier molecular flexibility index (Phi) is 5.40. The predicted octanol–water partition coefficient (Wildman–Crippen LogP) is 2.08. The Morgan fingerprint density at radius 2 is 2.04 bits per heavy atom. The molecule has 28 heavy (non-hydrogen) atoms. The maximum atomic E-state index is 13.5. The molecule has 1 aromatic carbocycles. The standard InChI is InChI=1S/C19H19FN6O.ClH/c1-24-11-23-16-15(9-21)18(25-8-2-3-13(22)10-25)26(17(16)19(24)27)14-6-4-12(20)5-7-14;/h4-7,11,13H,2-3,8,10,22H2,1H3;1H. The second-order valence-corrected chi connectivity index (χ2v) is 6.83. The quantitative estimate of drug-likeness (QED) is 0.708. The fourth-order valence-corrected chi connectivity index (χ4v) is 3.68. The van der Waals surface area contributed by atoms with E-state index in [0.29, 0.717) is 34.6 Å². The number of aryl methyl sites for hydroxylation is 1. The number of nitrogens with zero attached hydrogens (tertiary/aromatic N) is 5. The molecule has 1 atom stereocenters. The molecule has 0 spiro atoms. The lowest BCUT2D eigenvalue weighted by Gasteiger charge is -2.33. The fraction of sp³-hybridized carbons (Fsp3) is 0.316. The van der Waals surface area contributed by atoms with E-state index in [9.17, 15) is 14.4 Å². The molecule has 1 fully saturated rings. The largest absolute Gasteiger partial charge is 0.355 e. The highest BCUT2D eigenvalue weighted by molar-refractivity contribution is 5.91. The first-order chi connectivity index (χ1) is 13.0. The molecule has 0 amide bonds. The van der Waals surface area contributed by atoms with Gasteiger partial charge in [0, 0.05) is 31.9 Å². The van der Waals surface area contributed by atoms with Crippen molar-refractivity contribution in [2.45, 2.75) is 18.9 Å². The molecule has 146 valence electrons. The minimum atomic E-state index is -0.372. The number of hydrogen-bond acceptors (Lipinski definition) is 5. The second-order valence-electron chi connectivity index (χ2n) is 6.83. The summed E-state index contributed by atoms with van der Waals surface area (Å²) in [5.74, 6) is 0.216. The Balaban J connectivity index is 0.00000225. The lowest BCUT2D eigenvalue weighted by Crippen LogP contribution is -2.43. The monoisotopic (exact) mass is 402 g/mol. The van der Waals surface area contributed by atoms with E-state index in [1.165, 1.54) is 23.0 Å². The molecule has 0 bridgehead atoms. The molecule has 1 unspecified atom stereocenters. The number of rotatable bonds is 2. The van der Waals surface area contributed by atoms with E-state index < -0.39 is 0 Å². The Morgan fingerprint density at radius 3 is 2.68 bits per heavy atom. The number of benzene rings is 1. The Labute approximate surface area is 167 Å². The summed E-state index contributed by atoms with van der Waals surface area (Å²) in [6, 6.07) is 8.05. The third-order valence-electron chi connectivity index (χ3n) is 4.96. The van der Waals surface area contributed by atoms with Crippen LogP contribution in [0.2, 0.25) is 0 Å².